The van der Waals surface area contributed by atoms with E-state index in [1.807, 2.05) is 25.1 Å². The summed E-state index contributed by atoms with van der Waals surface area (Å²) in [5.74, 6) is 0. The van der Waals surface area contributed by atoms with E-state index in [0.29, 0.717) is 6.04 Å². The zero-order valence-electron chi connectivity index (χ0n) is 16.2. The second-order valence-corrected chi connectivity index (χ2v) is 8.88. The summed E-state index contributed by atoms with van der Waals surface area (Å²) in [6.07, 6.45) is 6.89. The summed E-state index contributed by atoms with van der Waals surface area (Å²) in [6.45, 7) is 6.49. The van der Waals surface area contributed by atoms with E-state index in [-0.39, 0.29) is 5.56 Å². The highest BCUT2D eigenvalue weighted by Crippen LogP contribution is 2.33. The average molecular weight is 396 g/mol. The van der Waals surface area contributed by atoms with Gasteiger partial charge >= 0.3 is 0 Å². The van der Waals surface area contributed by atoms with Crippen molar-refractivity contribution in [2.24, 2.45) is 0 Å². The van der Waals surface area contributed by atoms with Gasteiger partial charge in [0.05, 0.1) is 15.9 Å². The van der Waals surface area contributed by atoms with Crippen LogP contribution >= 0.6 is 11.3 Å². The fourth-order valence-corrected chi connectivity index (χ4v) is 5.40. The molecule has 0 aliphatic carbocycles. The van der Waals surface area contributed by atoms with Gasteiger partial charge in [-0.15, -0.1) is 0 Å². The van der Waals surface area contributed by atoms with Crippen LogP contribution in [-0.4, -0.2) is 51.7 Å². The highest BCUT2D eigenvalue weighted by molar-refractivity contribution is 7.22. The maximum absolute atomic E-state index is 12.3. The molecule has 3 aromatic rings. The van der Waals surface area contributed by atoms with Gasteiger partial charge in [-0.1, -0.05) is 17.8 Å². The van der Waals surface area contributed by atoms with Gasteiger partial charge in [0.25, 0.3) is 5.56 Å². The van der Waals surface area contributed by atoms with Crippen molar-refractivity contribution in [3.05, 3.63) is 46.6 Å². The van der Waals surface area contributed by atoms with Crippen LogP contribution in [0.15, 0.2) is 35.4 Å². The minimum Gasteiger partial charge on any atom is -0.346 e. The first-order valence-corrected chi connectivity index (χ1v) is 10.9. The van der Waals surface area contributed by atoms with Crippen LogP contribution in [0, 0.1) is 6.92 Å². The SMILES string of the molecule is Cc1cc(=O)n(-c2ccc3nc(N4CCC(N5CCCCC5)C4)sc3c2)cn1. The molecule has 0 amide bonds. The quantitative estimate of drug-likeness (QED) is 0.682. The predicted molar refractivity (Wildman–Crippen MR) is 114 cm³/mol. The monoisotopic (exact) mass is 395 g/mol. The molecule has 2 aliphatic heterocycles. The van der Waals surface area contributed by atoms with Crippen LogP contribution < -0.4 is 10.5 Å². The predicted octanol–water partition coefficient (Wildman–Crippen LogP) is 3.22. The van der Waals surface area contributed by atoms with Crippen LogP contribution in [0.2, 0.25) is 0 Å². The first kappa shape index (κ1) is 17.8. The summed E-state index contributed by atoms with van der Waals surface area (Å²) in [7, 11) is 0. The zero-order valence-corrected chi connectivity index (χ0v) is 17.0. The van der Waals surface area contributed by atoms with Crippen LogP contribution in [0.1, 0.15) is 31.4 Å². The number of hydrogen-bond donors (Lipinski definition) is 0. The Labute approximate surface area is 168 Å². The topological polar surface area (TPSA) is 54.3 Å². The van der Waals surface area contributed by atoms with Gasteiger partial charge in [-0.2, -0.15) is 0 Å². The van der Waals surface area contributed by atoms with Gasteiger partial charge in [-0.25, -0.2) is 9.97 Å². The maximum atomic E-state index is 12.3. The van der Waals surface area contributed by atoms with Crippen LogP contribution in [0.3, 0.4) is 0 Å². The number of hydrogen-bond acceptors (Lipinski definition) is 6. The Hall–Kier alpha value is -2.25. The van der Waals surface area contributed by atoms with Crippen molar-refractivity contribution in [3.8, 4) is 5.69 Å². The Morgan fingerprint density at radius 3 is 2.79 bits per heavy atom. The lowest BCUT2D eigenvalue weighted by molar-refractivity contribution is 0.175. The number of likely N-dealkylation sites (tertiary alicyclic amines) is 1. The zero-order chi connectivity index (χ0) is 19.1. The van der Waals surface area contributed by atoms with Crippen LogP contribution in [-0.2, 0) is 0 Å². The molecule has 0 bridgehead atoms. The van der Waals surface area contributed by atoms with Crippen molar-refractivity contribution in [2.45, 2.75) is 38.6 Å². The molecule has 1 unspecified atom stereocenters. The van der Waals surface area contributed by atoms with Crippen molar-refractivity contribution in [2.75, 3.05) is 31.1 Å². The van der Waals surface area contributed by atoms with E-state index >= 15 is 0 Å². The lowest BCUT2D eigenvalue weighted by Gasteiger charge is -2.32. The smallest absolute Gasteiger partial charge is 0.258 e. The third kappa shape index (κ3) is 3.33. The minimum atomic E-state index is -0.0551. The molecule has 2 saturated heterocycles. The van der Waals surface area contributed by atoms with Gasteiger partial charge < -0.3 is 4.90 Å². The molecule has 5 rings (SSSR count). The second kappa shape index (κ2) is 7.29. The molecule has 1 atom stereocenters. The van der Waals surface area contributed by atoms with Gasteiger partial charge in [0, 0.05) is 30.9 Å². The van der Waals surface area contributed by atoms with Gasteiger partial charge in [-0.3, -0.25) is 14.3 Å². The van der Waals surface area contributed by atoms with E-state index in [0.717, 1.165) is 39.8 Å². The maximum Gasteiger partial charge on any atom is 0.258 e. The second-order valence-electron chi connectivity index (χ2n) is 7.87. The number of nitrogens with zero attached hydrogens (tertiary/aromatic N) is 5. The number of anilines is 1. The lowest BCUT2D eigenvalue weighted by Crippen LogP contribution is -2.40. The number of piperidine rings is 1. The van der Waals surface area contributed by atoms with Crippen molar-refractivity contribution >= 4 is 26.7 Å². The highest BCUT2D eigenvalue weighted by atomic mass is 32.1. The van der Waals surface area contributed by atoms with E-state index in [2.05, 4.69) is 14.8 Å². The van der Waals surface area contributed by atoms with Crippen molar-refractivity contribution < 1.29 is 0 Å². The number of rotatable bonds is 3. The normalized spacial score (nSPS) is 20.9. The number of benzene rings is 1. The Morgan fingerprint density at radius 2 is 1.96 bits per heavy atom. The van der Waals surface area contributed by atoms with E-state index in [1.54, 1.807) is 28.3 Å². The standard InChI is InChI=1S/C21H25N5OS/c1-15-11-20(27)26(14-22-15)16-5-6-18-19(12-16)28-21(23-18)25-10-7-17(13-25)24-8-3-2-4-9-24/h5-6,11-12,14,17H,2-4,7-10,13H2,1H3. The van der Waals surface area contributed by atoms with Crippen molar-refractivity contribution in [1.29, 1.82) is 0 Å². The van der Waals surface area contributed by atoms with E-state index < -0.39 is 0 Å². The van der Waals surface area contributed by atoms with Gasteiger partial charge in [0.15, 0.2) is 5.13 Å². The molecule has 0 radical (unpaired) electrons. The van der Waals surface area contributed by atoms with Gasteiger partial charge in [-0.05, 0) is 57.5 Å². The molecule has 1 aromatic carbocycles. The lowest BCUT2D eigenvalue weighted by atomic mass is 10.1. The first-order chi connectivity index (χ1) is 13.7. The Kier molecular flexibility index (Phi) is 4.64. The van der Waals surface area contributed by atoms with E-state index in [1.165, 1.54) is 38.8 Å². The Morgan fingerprint density at radius 1 is 1.11 bits per heavy atom. The third-order valence-electron chi connectivity index (χ3n) is 5.93. The largest absolute Gasteiger partial charge is 0.346 e. The summed E-state index contributed by atoms with van der Waals surface area (Å²) in [6, 6.07) is 8.24. The first-order valence-electron chi connectivity index (χ1n) is 10.1. The van der Waals surface area contributed by atoms with Crippen LogP contribution in [0.5, 0.6) is 0 Å². The van der Waals surface area contributed by atoms with Crippen LogP contribution in [0.25, 0.3) is 15.9 Å². The Balaban J connectivity index is 1.39. The number of aryl methyl sites for hydroxylation is 1. The molecule has 6 nitrogen and oxygen atoms in total. The fourth-order valence-electron chi connectivity index (χ4n) is 4.37. The van der Waals surface area contributed by atoms with E-state index in [9.17, 15) is 4.79 Å². The van der Waals surface area contributed by atoms with Gasteiger partial charge in [0.1, 0.15) is 6.33 Å². The van der Waals surface area contributed by atoms with E-state index in [4.69, 9.17) is 4.98 Å². The molecule has 0 saturated carbocycles. The Bertz CT molecular complexity index is 1050. The van der Waals surface area contributed by atoms with Crippen molar-refractivity contribution in [3.63, 3.8) is 0 Å². The summed E-state index contributed by atoms with van der Waals surface area (Å²) in [4.78, 5) is 26.5. The number of thiazole rings is 1. The molecule has 2 fully saturated rings. The van der Waals surface area contributed by atoms with Crippen LogP contribution in [0.4, 0.5) is 5.13 Å². The minimum absolute atomic E-state index is 0.0551. The number of aromatic nitrogens is 3. The van der Waals surface area contributed by atoms with Crippen molar-refractivity contribution in [1.82, 2.24) is 19.4 Å². The molecular weight excluding hydrogens is 370 g/mol. The molecule has 0 spiro atoms. The molecular formula is C21H25N5OS. The summed E-state index contributed by atoms with van der Waals surface area (Å²) in [5, 5.41) is 1.10. The molecule has 7 heteroatoms. The summed E-state index contributed by atoms with van der Waals surface area (Å²) >= 11 is 1.72. The molecule has 0 N–H and O–H groups in total. The molecule has 146 valence electrons. The summed E-state index contributed by atoms with van der Waals surface area (Å²) in [5.41, 5.74) is 2.52. The highest BCUT2D eigenvalue weighted by Gasteiger charge is 2.29. The molecule has 2 aromatic heterocycles. The third-order valence-corrected chi connectivity index (χ3v) is 7.01. The fraction of sp³-hybridized carbons (Fsp3) is 0.476. The number of fused-ring (bicyclic) bond motifs is 1. The molecule has 2 aliphatic rings. The average Bonchev–Trinajstić information content (AvgIpc) is 3.35. The summed E-state index contributed by atoms with van der Waals surface area (Å²) < 4.78 is 2.70. The molecule has 4 heterocycles. The van der Waals surface area contributed by atoms with Gasteiger partial charge in [0.2, 0.25) is 0 Å². The molecule has 28 heavy (non-hydrogen) atoms.